The molecule has 0 rings (SSSR count). The maximum Gasteiger partial charge on any atom is 0.303 e. The predicted octanol–water partition coefficient (Wildman–Crippen LogP) is 1.54. The Morgan fingerprint density at radius 2 is 2.33 bits per heavy atom. The molecule has 0 atom stereocenters. The SMILES string of the molecule is CN(CC=CCl)CCCC(=O)O. The third kappa shape index (κ3) is 7.57. The molecule has 0 aliphatic heterocycles. The molecule has 0 amide bonds. The zero-order valence-corrected chi connectivity index (χ0v) is 7.92. The minimum atomic E-state index is -0.740. The lowest BCUT2D eigenvalue weighted by Gasteiger charge is -2.12. The molecule has 0 fully saturated rings. The van der Waals surface area contributed by atoms with E-state index in [0.717, 1.165) is 13.1 Å². The highest BCUT2D eigenvalue weighted by Crippen LogP contribution is 1.93. The summed E-state index contributed by atoms with van der Waals surface area (Å²) in [6.45, 7) is 1.55. The molecule has 0 saturated heterocycles. The Morgan fingerprint density at radius 1 is 1.67 bits per heavy atom. The molecule has 0 radical (unpaired) electrons. The van der Waals surface area contributed by atoms with Crippen molar-refractivity contribution >= 4 is 17.6 Å². The highest BCUT2D eigenvalue weighted by Gasteiger charge is 1.98. The Labute approximate surface area is 77.6 Å². The topological polar surface area (TPSA) is 40.5 Å². The van der Waals surface area contributed by atoms with Crippen LogP contribution in [0.3, 0.4) is 0 Å². The Hall–Kier alpha value is -0.540. The number of aliphatic carboxylic acids is 1. The zero-order valence-electron chi connectivity index (χ0n) is 7.16. The monoisotopic (exact) mass is 191 g/mol. The van der Waals surface area contributed by atoms with Crippen molar-refractivity contribution in [1.29, 1.82) is 0 Å². The van der Waals surface area contributed by atoms with Crippen LogP contribution >= 0.6 is 11.6 Å². The highest BCUT2D eigenvalue weighted by atomic mass is 35.5. The third-order valence-electron chi connectivity index (χ3n) is 1.44. The first-order valence-corrected chi connectivity index (χ1v) is 4.26. The first kappa shape index (κ1) is 11.5. The van der Waals surface area contributed by atoms with E-state index in [1.54, 1.807) is 0 Å². The van der Waals surface area contributed by atoms with E-state index in [4.69, 9.17) is 16.7 Å². The van der Waals surface area contributed by atoms with Gasteiger partial charge in [0, 0.05) is 18.5 Å². The minimum Gasteiger partial charge on any atom is -0.481 e. The van der Waals surface area contributed by atoms with E-state index < -0.39 is 5.97 Å². The molecule has 70 valence electrons. The summed E-state index contributed by atoms with van der Waals surface area (Å²) in [5.74, 6) is -0.740. The number of hydrogen-bond acceptors (Lipinski definition) is 2. The fourth-order valence-electron chi connectivity index (χ4n) is 0.811. The van der Waals surface area contributed by atoms with Gasteiger partial charge in [0.2, 0.25) is 0 Å². The Kier molecular flexibility index (Phi) is 6.81. The lowest BCUT2D eigenvalue weighted by atomic mass is 10.3. The quantitative estimate of drug-likeness (QED) is 0.693. The molecule has 12 heavy (non-hydrogen) atoms. The van der Waals surface area contributed by atoms with Gasteiger partial charge in [0.1, 0.15) is 0 Å². The molecule has 0 unspecified atom stereocenters. The van der Waals surface area contributed by atoms with Crippen LogP contribution in [0.2, 0.25) is 0 Å². The van der Waals surface area contributed by atoms with Crippen LogP contribution in [-0.2, 0) is 4.79 Å². The van der Waals surface area contributed by atoms with Gasteiger partial charge >= 0.3 is 5.97 Å². The molecule has 0 spiro atoms. The van der Waals surface area contributed by atoms with Crippen molar-refractivity contribution in [2.75, 3.05) is 20.1 Å². The molecule has 0 aromatic rings. The van der Waals surface area contributed by atoms with Crippen molar-refractivity contribution < 1.29 is 9.90 Å². The van der Waals surface area contributed by atoms with Gasteiger partial charge in [0.05, 0.1) is 0 Å². The van der Waals surface area contributed by atoms with Gasteiger partial charge < -0.3 is 10.0 Å². The summed E-state index contributed by atoms with van der Waals surface area (Å²) in [5.41, 5.74) is 1.47. The first-order chi connectivity index (χ1) is 5.66. The second-order valence-corrected chi connectivity index (χ2v) is 2.87. The molecule has 1 N–H and O–H groups in total. The molecular weight excluding hydrogens is 178 g/mol. The Bertz CT molecular complexity index is 159. The van der Waals surface area contributed by atoms with E-state index in [9.17, 15) is 4.79 Å². The van der Waals surface area contributed by atoms with E-state index in [0.29, 0.717) is 6.42 Å². The van der Waals surface area contributed by atoms with Crippen LogP contribution in [0.15, 0.2) is 11.6 Å². The number of hydrogen-bond donors (Lipinski definition) is 1. The van der Waals surface area contributed by atoms with Gasteiger partial charge in [0.25, 0.3) is 0 Å². The minimum absolute atomic E-state index is 0.231. The largest absolute Gasteiger partial charge is 0.481 e. The predicted molar refractivity (Wildman–Crippen MR) is 49.4 cm³/mol. The Balaban J connectivity index is 3.31. The van der Waals surface area contributed by atoms with Gasteiger partial charge in [-0.2, -0.15) is 0 Å². The van der Waals surface area contributed by atoms with Crippen LogP contribution in [0, 0.1) is 0 Å². The average Bonchev–Trinajstić information content (AvgIpc) is 2.00. The number of carboxylic acids is 1. The molecule has 0 aromatic carbocycles. The maximum atomic E-state index is 10.1. The van der Waals surface area contributed by atoms with Gasteiger partial charge in [0.15, 0.2) is 0 Å². The lowest BCUT2D eigenvalue weighted by molar-refractivity contribution is -0.137. The van der Waals surface area contributed by atoms with Crippen LogP contribution in [0.5, 0.6) is 0 Å². The summed E-state index contributed by atoms with van der Waals surface area (Å²) < 4.78 is 0. The average molecular weight is 192 g/mol. The molecule has 4 heteroatoms. The number of carbonyl (C=O) groups is 1. The normalized spacial score (nSPS) is 11.2. The van der Waals surface area contributed by atoms with E-state index >= 15 is 0 Å². The van der Waals surface area contributed by atoms with Crippen LogP contribution in [0.4, 0.5) is 0 Å². The molecular formula is C8H14ClNO2. The summed E-state index contributed by atoms with van der Waals surface area (Å²) in [6, 6.07) is 0. The first-order valence-electron chi connectivity index (χ1n) is 3.82. The maximum absolute atomic E-state index is 10.1. The molecule has 0 aliphatic rings. The second kappa shape index (κ2) is 7.13. The molecule has 0 saturated carbocycles. The lowest BCUT2D eigenvalue weighted by Crippen LogP contribution is -2.20. The standard InChI is InChI=1S/C8H14ClNO2/c1-10(7-3-5-9)6-2-4-8(11)12/h3,5H,2,4,6-7H2,1H3,(H,11,12). The summed E-state index contributed by atoms with van der Waals surface area (Å²) in [7, 11) is 1.93. The summed E-state index contributed by atoms with van der Waals surface area (Å²) in [5, 5.41) is 8.35. The summed E-state index contributed by atoms with van der Waals surface area (Å²) in [4.78, 5) is 12.2. The number of carboxylic acid groups (broad SMARTS) is 1. The molecule has 0 heterocycles. The van der Waals surface area contributed by atoms with E-state index in [1.807, 2.05) is 18.0 Å². The third-order valence-corrected chi connectivity index (χ3v) is 1.61. The highest BCUT2D eigenvalue weighted by molar-refractivity contribution is 6.25. The Morgan fingerprint density at radius 3 is 2.83 bits per heavy atom. The van der Waals surface area contributed by atoms with Crippen LogP contribution in [0.1, 0.15) is 12.8 Å². The molecule has 3 nitrogen and oxygen atoms in total. The second-order valence-electron chi connectivity index (χ2n) is 2.62. The van der Waals surface area contributed by atoms with E-state index in [1.165, 1.54) is 5.54 Å². The van der Waals surface area contributed by atoms with Crippen LogP contribution in [-0.4, -0.2) is 36.1 Å². The van der Waals surface area contributed by atoms with Gasteiger partial charge in [-0.1, -0.05) is 17.7 Å². The number of halogens is 1. The van der Waals surface area contributed by atoms with Crippen LogP contribution < -0.4 is 0 Å². The fraction of sp³-hybridized carbons (Fsp3) is 0.625. The number of rotatable bonds is 6. The van der Waals surface area contributed by atoms with Crippen molar-refractivity contribution in [3.8, 4) is 0 Å². The zero-order chi connectivity index (χ0) is 9.40. The van der Waals surface area contributed by atoms with E-state index in [2.05, 4.69) is 0 Å². The fourth-order valence-corrected chi connectivity index (χ4v) is 0.891. The number of likely N-dealkylation sites (N-methyl/N-ethyl adjacent to an activating group) is 1. The number of nitrogens with zero attached hydrogens (tertiary/aromatic N) is 1. The van der Waals surface area contributed by atoms with E-state index in [-0.39, 0.29) is 6.42 Å². The van der Waals surface area contributed by atoms with Crippen molar-refractivity contribution in [2.24, 2.45) is 0 Å². The van der Waals surface area contributed by atoms with Crippen molar-refractivity contribution in [2.45, 2.75) is 12.8 Å². The summed E-state index contributed by atoms with van der Waals surface area (Å²) in [6.07, 6.45) is 2.74. The van der Waals surface area contributed by atoms with Crippen molar-refractivity contribution in [3.05, 3.63) is 11.6 Å². The van der Waals surface area contributed by atoms with Gasteiger partial charge in [-0.15, -0.1) is 0 Å². The summed E-state index contributed by atoms with van der Waals surface area (Å²) >= 11 is 5.33. The van der Waals surface area contributed by atoms with Crippen molar-refractivity contribution in [1.82, 2.24) is 4.90 Å². The van der Waals surface area contributed by atoms with Gasteiger partial charge in [-0.25, -0.2) is 0 Å². The van der Waals surface area contributed by atoms with Crippen molar-refractivity contribution in [3.63, 3.8) is 0 Å². The molecule has 0 bridgehead atoms. The molecule has 0 aliphatic carbocycles. The van der Waals surface area contributed by atoms with Crippen LogP contribution in [0.25, 0.3) is 0 Å². The van der Waals surface area contributed by atoms with Gasteiger partial charge in [-0.05, 0) is 20.0 Å². The molecule has 0 aromatic heterocycles. The van der Waals surface area contributed by atoms with Gasteiger partial charge in [-0.3, -0.25) is 4.79 Å². The smallest absolute Gasteiger partial charge is 0.303 e.